The van der Waals surface area contributed by atoms with Crippen molar-refractivity contribution in [2.45, 2.75) is 40.2 Å². The first-order valence-corrected chi connectivity index (χ1v) is 7.56. The third kappa shape index (κ3) is 2.82. The molecule has 0 fully saturated rings. The number of nitrogens with zero attached hydrogens (tertiary/aromatic N) is 3. The van der Waals surface area contributed by atoms with E-state index in [2.05, 4.69) is 32.9 Å². The van der Waals surface area contributed by atoms with Crippen LogP contribution in [0.5, 0.6) is 0 Å². The SMILES string of the molecule is CCc1nn(CC)c(CC(=O)c2ncccc2C)c1Br. The Morgan fingerprint density at radius 1 is 1.40 bits per heavy atom. The van der Waals surface area contributed by atoms with Gasteiger partial charge < -0.3 is 0 Å². The summed E-state index contributed by atoms with van der Waals surface area (Å²) in [6.07, 6.45) is 2.82. The number of pyridine rings is 1. The molecule has 0 saturated carbocycles. The third-order valence-corrected chi connectivity index (χ3v) is 4.21. The van der Waals surface area contributed by atoms with Crippen molar-refractivity contribution in [3.05, 3.63) is 45.4 Å². The predicted octanol–water partition coefficient (Wildman–Crippen LogP) is 3.36. The Balaban J connectivity index is 2.33. The van der Waals surface area contributed by atoms with Gasteiger partial charge in [0.25, 0.3) is 0 Å². The fourth-order valence-electron chi connectivity index (χ4n) is 2.20. The Morgan fingerprint density at radius 3 is 2.75 bits per heavy atom. The molecule has 2 heterocycles. The number of carbonyl (C=O) groups excluding carboxylic acids is 1. The molecule has 106 valence electrons. The molecule has 0 aromatic carbocycles. The first-order chi connectivity index (χ1) is 9.58. The van der Waals surface area contributed by atoms with Crippen LogP contribution < -0.4 is 0 Å². The zero-order chi connectivity index (χ0) is 14.7. The Labute approximate surface area is 127 Å². The van der Waals surface area contributed by atoms with Crippen LogP contribution in [0.15, 0.2) is 22.8 Å². The molecule has 5 heteroatoms. The number of hydrogen-bond donors (Lipinski definition) is 0. The first-order valence-electron chi connectivity index (χ1n) is 6.77. The average Bonchev–Trinajstić information content (AvgIpc) is 2.75. The van der Waals surface area contributed by atoms with Crippen LogP contribution in [0.1, 0.15) is 41.3 Å². The van der Waals surface area contributed by atoms with Crippen molar-refractivity contribution in [2.75, 3.05) is 0 Å². The minimum Gasteiger partial charge on any atom is -0.292 e. The van der Waals surface area contributed by atoms with Crippen LogP contribution in [-0.4, -0.2) is 20.5 Å². The van der Waals surface area contributed by atoms with Crippen LogP contribution in [0.4, 0.5) is 0 Å². The van der Waals surface area contributed by atoms with Gasteiger partial charge in [0, 0.05) is 12.7 Å². The number of carbonyl (C=O) groups is 1. The molecular formula is C15H18BrN3O. The fourth-order valence-corrected chi connectivity index (χ4v) is 2.90. The molecule has 20 heavy (non-hydrogen) atoms. The van der Waals surface area contributed by atoms with E-state index in [-0.39, 0.29) is 5.78 Å². The number of hydrogen-bond acceptors (Lipinski definition) is 3. The molecule has 2 aromatic heterocycles. The summed E-state index contributed by atoms with van der Waals surface area (Å²) in [7, 11) is 0. The lowest BCUT2D eigenvalue weighted by Gasteiger charge is -2.06. The molecular weight excluding hydrogens is 318 g/mol. The largest absolute Gasteiger partial charge is 0.292 e. The first kappa shape index (κ1) is 14.9. The van der Waals surface area contributed by atoms with Crippen LogP contribution in [0.2, 0.25) is 0 Å². The molecule has 0 unspecified atom stereocenters. The van der Waals surface area contributed by atoms with Gasteiger partial charge in [0.05, 0.1) is 22.3 Å². The lowest BCUT2D eigenvalue weighted by Crippen LogP contribution is -2.12. The van der Waals surface area contributed by atoms with Crippen molar-refractivity contribution < 1.29 is 4.79 Å². The zero-order valence-corrected chi connectivity index (χ0v) is 13.6. The van der Waals surface area contributed by atoms with Crippen molar-refractivity contribution in [3.63, 3.8) is 0 Å². The average molecular weight is 336 g/mol. The molecule has 0 radical (unpaired) electrons. The van der Waals surface area contributed by atoms with Gasteiger partial charge >= 0.3 is 0 Å². The van der Waals surface area contributed by atoms with Crippen molar-refractivity contribution in [3.8, 4) is 0 Å². The summed E-state index contributed by atoms with van der Waals surface area (Å²) in [5, 5.41) is 4.51. The standard InChI is InChI=1S/C15H18BrN3O/c1-4-11-14(16)12(19(5-2)18-11)9-13(20)15-10(3)7-6-8-17-15/h6-8H,4-5,9H2,1-3H3. The molecule has 0 aliphatic heterocycles. The number of ketones is 1. The summed E-state index contributed by atoms with van der Waals surface area (Å²) < 4.78 is 2.84. The van der Waals surface area contributed by atoms with E-state index in [1.54, 1.807) is 6.20 Å². The van der Waals surface area contributed by atoms with Crippen LogP contribution in [0.3, 0.4) is 0 Å². The Morgan fingerprint density at radius 2 is 2.15 bits per heavy atom. The molecule has 2 rings (SSSR count). The highest BCUT2D eigenvalue weighted by Gasteiger charge is 2.19. The summed E-state index contributed by atoms with van der Waals surface area (Å²) in [4.78, 5) is 16.6. The van der Waals surface area contributed by atoms with E-state index in [1.807, 2.05) is 30.7 Å². The highest BCUT2D eigenvalue weighted by atomic mass is 79.9. The van der Waals surface area contributed by atoms with Gasteiger partial charge in [-0.15, -0.1) is 0 Å². The molecule has 0 saturated heterocycles. The molecule has 0 N–H and O–H groups in total. The molecule has 4 nitrogen and oxygen atoms in total. The van der Waals surface area contributed by atoms with E-state index < -0.39 is 0 Å². The summed E-state index contributed by atoms with van der Waals surface area (Å²) in [5.41, 5.74) is 3.37. The van der Waals surface area contributed by atoms with Gasteiger partial charge in [0.1, 0.15) is 5.69 Å². The van der Waals surface area contributed by atoms with Gasteiger partial charge in [-0.2, -0.15) is 5.10 Å². The summed E-state index contributed by atoms with van der Waals surface area (Å²) in [6, 6.07) is 3.75. The van der Waals surface area contributed by atoms with E-state index in [4.69, 9.17) is 0 Å². The van der Waals surface area contributed by atoms with E-state index >= 15 is 0 Å². The second-order valence-corrected chi connectivity index (χ2v) is 5.44. The van der Waals surface area contributed by atoms with Gasteiger partial charge in [-0.1, -0.05) is 13.0 Å². The Hall–Kier alpha value is -1.49. The van der Waals surface area contributed by atoms with Crippen molar-refractivity contribution in [1.29, 1.82) is 0 Å². The zero-order valence-electron chi connectivity index (χ0n) is 12.0. The minimum absolute atomic E-state index is 0.0288. The van der Waals surface area contributed by atoms with Crippen molar-refractivity contribution >= 4 is 21.7 Å². The summed E-state index contributed by atoms with van der Waals surface area (Å²) >= 11 is 3.57. The van der Waals surface area contributed by atoms with E-state index in [1.165, 1.54) is 0 Å². The molecule has 0 amide bonds. The molecule has 0 spiro atoms. The number of aryl methyl sites for hydroxylation is 3. The fraction of sp³-hybridized carbons (Fsp3) is 0.400. The maximum Gasteiger partial charge on any atom is 0.187 e. The quantitative estimate of drug-likeness (QED) is 0.787. The highest BCUT2D eigenvalue weighted by Crippen LogP contribution is 2.24. The van der Waals surface area contributed by atoms with Crippen molar-refractivity contribution in [1.82, 2.24) is 14.8 Å². The van der Waals surface area contributed by atoms with Gasteiger partial charge in [-0.05, 0) is 47.8 Å². The van der Waals surface area contributed by atoms with Crippen LogP contribution >= 0.6 is 15.9 Å². The Kier molecular flexibility index (Phi) is 4.70. The minimum atomic E-state index is 0.0288. The second kappa shape index (κ2) is 6.31. The smallest absolute Gasteiger partial charge is 0.187 e. The maximum absolute atomic E-state index is 12.4. The lowest BCUT2D eigenvalue weighted by atomic mass is 10.1. The Bertz CT molecular complexity index is 634. The molecule has 2 aromatic rings. The predicted molar refractivity (Wildman–Crippen MR) is 82.0 cm³/mol. The van der Waals surface area contributed by atoms with Crippen LogP contribution in [0.25, 0.3) is 0 Å². The second-order valence-electron chi connectivity index (χ2n) is 4.65. The monoisotopic (exact) mass is 335 g/mol. The lowest BCUT2D eigenvalue weighted by molar-refractivity contribution is 0.0985. The molecule has 0 aliphatic carbocycles. The van der Waals surface area contributed by atoms with E-state index in [9.17, 15) is 4.79 Å². The normalized spacial score (nSPS) is 10.8. The van der Waals surface area contributed by atoms with Gasteiger partial charge in [-0.25, -0.2) is 0 Å². The number of rotatable bonds is 5. The number of Topliss-reactive ketones (excluding diaryl/α,β-unsaturated/α-hetero) is 1. The van der Waals surface area contributed by atoms with Crippen molar-refractivity contribution in [2.24, 2.45) is 0 Å². The summed E-state index contributed by atoms with van der Waals surface area (Å²) in [6.45, 7) is 6.74. The van der Waals surface area contributed by atoms with Gasteiger partial charge in [0.2, 0.25) is 0 Å². The molecule has 0 atom stereocenters. The van der Waals surface area contributed by atoms with E-state index in [0.717, 1.165) is 34.4 Å². The van der Waals surface area contributed by atoms with E-state index in [0.29, 0.717) is 12.1 Å². The van der Waals surface area contributed by atoms with Gasteiger partial charge in [0.15, 0.2) is 5.78 Å². The van der Waals surface area contributed by atoms with Crippen LogP contribution in [0, 0.1) is 6.92 Å². The molecule has 0 aliphatic rings. The number of halogens is 1. The topological polar surface area (TPSA) is 47.8 Å². The maximum atomic E-state index is 12.4. The van der Waals surface area contributed by atoms with Gasteiger partial charge in [-0.3, -0.25) is 14.5 Å². The number of aromatic nitrogens is 3. The van der Waals surface area contributed by atoms with Crippen LogP contribution in [-0.2, 0) is 19.4 Å². The third-order valence-electron chi connectivity index (χ3n) is 3.30. The highest BCUT2D eigenvalue weighted by molar-refractivity contribution is 9.10. The summed E-state index contributed by atoms with van der Waals surface area (Å²) in [5.74, 6) is 0.0288. The molecule has 0 bridgehead atoms.